The monoisotopic (exact) mass is 476 g/mol. The summed E-state index contributed by atoms with van der Waals surface area (Å²) in [5, 5.41) is 6.98. The third-order valence-corrected chi connectivity index (χ3v) is 5.41. The molecule has 0 bridgehead atoms. The van der Waals surface area contributed by atoms with Crippen LogP contribution < -0.4 is 10.2 Å². The Morgan fingerprint density at radius 3 is 2.80 bits per heavy atom. The molecule has 0 amide bonds. The fourth-order valence-corrected chi connectivity index (χ4v) is 3.90. The molecular formula is C18H29IN4OS. The molecule has 0 atom stereocenters. The van der Waals surface area contributed by atoms with Crippen LogP contribution in [-0.2, 0) is 4.74 Å². The summed E-state index contributed by atoms with van der Waals surface area (Å²) < 4.78 is 5.36. The zero-order chi connectivity index (χ0) is 16.6. The maximum Gasteiger partial charge on any atom is 0.194 e. The van der Waals surface area contributed by atoms with E-state index in [0.29, 0.717) is 0 Å². The lowest BCUT2D eigenvalue weighted by atomic mass is 10.1. The van der Waals surface area contributed by atoms with Gasteiger partial charge in [-0.1, -0.05) is 11.6 Å². The largest absolute Gasteiger partial charge is 0.377 e. The number of hydrogen-bond donors (Lipinski definition) is 1. The van der Waals surface area contributed by atoms with Gasteiger partial charge in [-0.05, 0) is 37.3 Å². The second-order valence-corrected chi connectivity index (χ2v) is 7.02. The molecule has 0 aromatic carbocycles. The lowest BCUT2D eigenvalue weighted by Gasteiger charge is -2.37. The van der Waals surface area contributed by atoms with Crippen LogP contribution in [0.15, 0.2) is 34.2 Å². The van der Waals surface area contributed by atoms with Gasteiger partial charge in [0.05, 0.1) is 18.2 Å². The molecule has 0 aliphatic carbocycles. The molecule has 140 valence electrons. The Bertz CT molecular complexity index is 553. The molecule has 1 aromatic rings. The number of piperazine rings is 1. The average Bonchev–Trinajstić information content (AvgIpc) is 3.17. The van der Waals surface area contributed by atoms with Crippen molar-refractivity contribution in [2.24, 2.45) is 4.99 Å². The molecule has 0 radical (unpaired) electrons. The van der Waals surface area contributed by atoms with E-state index in [1.165, 1.54) is 10.6 Å². The molecule has 25 heavy (non-hydrogen) atoms. The average molecular weight is 476 g/mol. The van der Waals surface area contributed by atoms with Gasteiger partial charge in [0, 0.05) is 39.3 Å². The summed E-state index contributed by atoms with van der Waals surface area (Å²) in [4.78, 5) is 9.72. The maximum atomic E-state index is 5.36. The van der Waals surface area contributed by atoms with Gasteiger partial charge >= 0.3 is 0 Å². The number of nitrogens with zero attached hydrogens (tertiary/aromatic N) is 3. The Balaban J connectivity index is 0.00000225. The molecule has 2 aliphatic heterocycles. The number of guanidine groups is 1. The van der Waals surface area contributed by atoms with Gasteiger partial charge in [0.25, 0.3) is 0 Å². The topological polar surface area (TPSA) is 40.1 Å². The van der Waals surface area contributed by atoms with E-state index in [1.54, 1.807) is 0 Å². The van der Waals surface area contributed by atoms with Crippen LogP contribution in [0.3, 0.4) is 0 Å². The van der Waals surface area contributed by atoms with Crippen molar-refractivity contribution in [3.63, 3.8) is 0 Å². The number of anilines is 1. The second-order valence-electron chi connectivity index (χ2n) is 6.10. The number of aliphatic imine (C=N–C) groups is 1. The fourth-order valence-electron chi connectivity index (χ4n) is 3.11. The number of thiophene rings is 1. The Hall–Kier alpha value is -0.800. The lowest BCUT2D eigenvalue weighted by Crippen LogP contribution is -2.52. The normalized spacial score (nSPS) is 18.6. The molecule has 1 N–H and O–H groups in total. The number of halogens is 1. The van der Waals surface area contributed by atoms with Gasteiger partial charge in [-0.25, -0.2) is 0 Å². The van der Waals surface area contributed by atoms with Gasteiger partial charge in [0.1, 0.15) is 0 Å². The lowest BCUT2D eigenvalue weighted by molar-refractivity contribution is 0.153. The summed E-state index contributed by atoms with van der Waals surface area (Å²) in [7, 11) is 0. The minimum Gasteiger partial charge on any atom is -0.377 e. The molecule has 1 fully saturated rings. The van der Waals surface area contributed by atoms with E-state index in [4.69, 9.17) is 9.73 Å². The van der Waals surface area contributed by atoms with E-state index < -0.39 is 0 Å². The standard InChI is InChI=1S/C18H28N4OS.HI/c1-2-19-18(20-8-5-16-6-13-23-14-7-16)22-11-9-21(10-12-22)17-4-3-15-24-17;/h3-4,6,15H,2,5,7-14H2,1H3,(H,19,20);1H. The van der Waals surface area contributed by atoms with Crippen LogP contribution in [0.1, 0.15) is 19.8 Å². The zero-order valence-corrected chi connectivity index (χ0v) is 18.1. The molecule has 2 aliphatic rings. The first-order valence-electron chi connectivity index (χ1n) is 8.94. The summed E-state index contributed by atoms with van der Waals surface area (Å²) >= 11 is 1.82. The SMILES string of the molecule is CCNC(=NCCC1=CCOCC1)N1CCN(c2cccs2)CC1.I. The summed E-state index contributed by atoms with van der Waals surface area (Å²) in [5.41, 5.74) is 1.49. The highest BCUT2D eigenvalue weighted by molar-refractivity contribution is 14.0. The van der Waals surface area contributed by atoms with Crippen molar-refractivity contribution in [1.82, 2.24) is 10.2 Å². The van der Waals surface area contributed by atoms with Crippen LogP contribution in [0.5, 0.6) is 0 Å². The molecular weight excluding hydrogens is 447 g/mol. The Kier molecular flexibility index (Phi) is 9.05. The van der Waals surface area contributed by atoms with Crippen molar-refractivity contribution < 1.29 is 4.74 Å². The van der Waals surface area contributed by atoms with E-state index in [9.17, 15) is 0 Å². The van der Waals surface area contributed by atoms with Crippen LogP contribution in [0.4, 0.5) is 5.00 Å². The van der Waals surface area contributed by atoms with Crippen LogP contribution in [0, 0.1) is 0 Å². The summed E-state index contributed by atoms with van der Waals surface area (Å²) in [6, 6.07) is 4.34. The predicted octanol–water partition coefficient (Wildman–Crippen LogP) is 3.19. The van der Waals surface area contributed by atoms with Crippen molar-refractivity contribution in [2.45, 2.75) is 19.8 Å². The second kappa shape index (κ2) is 11.0. The van der Waals surface area contributed by atoms with Crippen LogP contribution in [-0.4, -0.2) is 63.3 Å². The highest BCUT2D eigenvalue weighted by Gasteiger charge is 2.20. The van der Waals surface area contributed by atoms with Crippen molar-refractivity contribution in [3.8, 4) is 0 Å². The van der Waals surface area contributed by atoms with Gasteiger partial charge in [0.2, 0.25) is 0 Å². The molecule has 0 spiro atoms. The third kappa shape index (κ3) is 6.14. The fraction of sp³-hybridized carbons (Fsp3) is 0.611. The number of ether oxygens (including phenoxy) is 1. The Labute approximate surface area is 172 Å². The number of hydrogen-bond acceptors (Lipinski definition) is 4. The number of rotatable bonds is 5. The summed E-state index contributed by atoms with van der Waals surface area (Å²) in [6.07, 6.45) is 4.32. The Morgan fingerprint density at radius 2 is 2.16 bits per heavy atom. The first kappa shape index (κ1) is 20.5. The van der Waals surface area contributed by atoms with Gasteiger partial charge in [-0.2, -0.15) is 0 Å². The summed E-state index contributed by atoms with van der Waals surface area (Å²) in [5.74, 6) is 1.07. The molecule has 5 nitrogen and oxygen atoms in total. The van der Waals surface area contributed by atoms with Gasteiger partial charge < -0.3 is 19.9 Å². The molecule has 0 unspecified atom stereocenters. The van der Waals surface area contributed by atoms with E-state index in [2.05, 4.69) is 45.6 Å². The van der Waals surface area contributed by atoms with Crippen LogP contribution in [0.2, 0.25) is 0 Å². The quantitative estimate of drug-likeness (QED) is 0.307. The minimum atomic E-state index is 0. The molecule has 3 rings (SSSR count). The van der Waals surface area contributed by atoms with Gasteiger partial charge in [-0.3, -0.25) is 4.99 Å². The van der Waals surface area contributed by atoms with E-state index in [-0.39, 0.29) is 24.0 Å². The van der Waals surface area contributed by atoms with Gasteiger partial charge in [-0.15, -0.1) is 35.3 Å². The third-order valence-electron chi connectivity index (χ3n) is 4.48. The molecule has 0 saturated carbocycles. The van der Waals surface area contributed by atoms with E-state index in [1.807, 2.05) is 11.3 Å². The van der Waals surface area contributed by atoms with Gasteiger partial charge in [0.15, 0.2) is 5.96 Å². The highest BCUT2D eigenvalue weighted by Crippen LogP contribution is 2.22. The van der Waals surface area contributed by atoms with Crippen molar-refractivity contribution >= 4 is 46.3 Å². The molecule has 7 heteroatoms. The van der Waals surface area contributed by atoms with Crippen LogP contribution >= 0.6 is 35.3 Å². The first-order chi connectivity index (χ1) is 11.9. The first-order valence-corrected chi connectivity index (χ1v) is 9.82. The predicted molar refractivity (Wildman–Crippen MR) is 118 cm³/mol. The maximum absolute atomic E-state index is 5.36. The Morgan fingerprint density at radius 1 is 1.32 bits per heavy atom. The summed E-state index contributed by atoms with van der Waals surface area (Å²) in [6.45, 7) is 9.73. The molecule has 1 aromatic heterocycles. The van der Waals surface area contributed by atoms with Crippen LogP contribution in [0.25, 0.3) is 0 Å². The van der Waals surface area contributed by atoms with Crippen molar-refractivity contribution in [3.05, 3.63) is 29.2 Å². The smallest absolute Gasteiger partial charge is 0.194 e. The minimum absolute atomic E-state index is 0. The van der Waals surface area contributed by atoms with E-state index in [0.717, 1.165) is 71.3 Å². The van der Waals surface area contributed by atoms with E-state index >= 15 is 0 Å². The molecule has 3 heterocycles. The van der Waals surface area contributed by atoms with Crippen molar-refractivity contribution in [1.29, 1.82) is 0 Å². The van der Waals surface area contributed by atoms with Crippen molar-refractivity contribution in [2.75, 3.05) is 57.4 Å². The number of nitrogens with one attached hydrogen (secondary N) is 1. The zero-order valence-electron chi connectivity index (χ0n) is 14.9. The highest BCUT2D eigenvalue weighted by atomic mass is 127. The molecule has 1 saturated heterocycles.